The lowest BCUT2D eigenvalue weighted by molar-refractivity contribution is 0.0142. The predicted molar refractivity (Wildman–Crippen MR) is 88.9 cm³/mol. The van der Waals surface area contributed by atoms with E-state index in [1.807, 2.05) is 25.7 Å². The summed E-state index contributed by atoms with van der Waals surface area (Å²) < 4.78 is 11.3. The summed E-state index contributed by atoms with van der Waals surface area (Å²) in [4.78, 5) is 21.6. The van der Waals surface area contributed by atoms with Gasteiger partial charge in [-0.25, -0.2) is 14.6 Å². The third kappa shape index (κ3) is 3.61. The maximum atomic E-state index is 12.2. The number of aromatic nitrogens is 1. The molecule has 1 aromatic heterocycles. The molecule has 1 aromatic rings. The van der Waals surface area contributed by atoms with Crippen molar-refractivity contribution < 1.29 is 14.3 Å². The lowest BCUT2D eigenvalue weighted by Crippen LogP contribution is -2.43. The van der Waals surface area contributed by atoms with Crippen LogP contribution in [0.5, 0.6) is 5.88 Å². The SMILES string of the molecule is [C-]#[N+]c1ccnc(OCC2CC3CC2CN3C(=O)OC(C)(C)C)c1. The second-order valence-corrected chi connectivity index (χ2v) is 7.55. The molecule has 2 heterocycles. The fourth-order valence-electron chi connectivity index (χ4n) is 3.55. The quantitative estimate of drug-likeness (QED) is 0.794. The number of carbonyl (C=O) groups excluding carboxylic acids is 1. The van der Waals surface area contributed by atoms with Crippen LogP contribution in [0.25, 0.3) is 4.85 Å². The van der Waals surface area contributed by atoms with Gasteiger partial charge in [0.1, 0.15) is 5.60 Å². The van der Waals surface area contributed by atoms with Gasteiger partial charge in [0.2, 0.25) is 5.88 Å². The predicted octanol–water partition coefficient (Wildman–Crippen LogP) is 3.66. The lowest BCUT2D eigenvalue weighted by atomic mass is 9.96. The van der Waals surface area contributed by atoms with E-state index < -0.39 is 5.60 Å². The Balaban J connectivity index is 1.52. The second-order valence-electron chi connectivity index (χ2n) is 7.55. The number of hydrogen-bond acceptors (Lipinski definition) is 4. The van der Waals surface area contributed by atoms with Crippen molar-refractivity contribution in [3.05, 3.63) is 29.7 Å². The van der Waals surface area contributed by atoms with Crippen molar-refractivity contribution in [1.29, 1.82) is 0 Å². The molecule has 0 radical (unpaired) electrons. The fraction of sp³-hybridized carbons (Fsp3) is 0.611. The van der Waals surface area contributed by atoms with Crippen LogP contribution < -0.4 is 4.74 Å². The van der Waals surface area contributed by atoms with Gasteiger partial charge >= 0.3 is 6.09 Å². The highest BCUT2D eigenvalue weighted by atomic mass is 16.6. The van der Waals surface area contributed by atoms with E-state index in [4.69, 9.17) is 16.0 Å². The molecule has 3 atom stereocenters. The molecule has 0 N–H and O–H groups in total. The Labute approximate surface area is 142 Å². The molecule has 2 aliphatic rings. The number of hydrogen-bond donors (Lipinski definition) is 0. The molecule has 1 amide bonds. The van der Waals surface area contributed by atoms with Crippen molar-refractivity contribution in [2.45, 2.75) is 45.3 Å². The van der Waals surface area contributed by atoms with Crippen LogP contribution in [0.4, 0.5) is 10.5 Å². The van der Waals surface area contributed by atoms with Gasteiger partial charge in [-0.2, -0.15) is 0 Å². The van der Waals surface area contributed by atoms with Gasteiger partial charge in [0.05, 0.1) is 13.2 Å². The van der Waals surface area contributed by atoms with E-state index in [0.29, 0.717) is 30.0 Å². The Hall–Kier alpha value is -2.29. The molecule has 128 valence electrons. The monoisotopic (exact) mass is 329 g/mol. The Morgan fingerprint density at radius 3 is 2.88 bits per heavy atom. The van der Waals surface area contributed by atoms with Gasteiger partial charge in [0.15, 0.2) is 5.69 Å². The van der Waals surface area contributed by atoms with Crippen molar-refractivity contribution in [3.8, 4) is 5.88 Å². The van der Waals surface area contributed by atoms with E-state index in [0.717, 1.165) is 19.4 Å². The maximum absolute atomic E-state index is 12.2. The van der Waals surface area contributed by atoms with Gasteiger partial charge in [-0.1, -0.05) is 0 Å². The van der Waals surface area contributed by atoms with Crippen molar-refractivity contribution >= 4 is 11.8 Å². The Morgan fingerprint density at radius 2 is 2.25 bits per heavy atom. The summed E-state index contributed by atoms with van der Waals surface area (Å²) >= 11 is 0. The maximum Gasteiger partial charge on any atom is 0.410 e. The first-order valence-corrected chi connectivity index (χ1v) is 8.31. The van der Waals surface area contributed by atoms with Crippen LogP contribution in [0.1, 0.15) is 33.6 Å². The van der Waals surface area contributed by atoms with E-state index in [1.54, 1.807) is 18.3 Å². The number of nitrogens with zero attached hydrogens (tertiary/aromatic N) is 3. The van der Waals surface area contributed by atoms with Crippen molar-refractivity contribution in [2.24, 2.45) is 11.8 Å². The minimum atomic E-state index is -0.457. The highest BCUT2D eigenvalue weighted by Gasteiger charge is 2.47. The minimum Gasteiger partial charge on any atom is -0.478 e. The number of pyridine rings is 1. The number of piperidine rings is 1. The summed E-state index contributed by atoms with van der Waals surface area (Å²) in [7, 11) is 0. The number of ether oxygens (including phenoxy) is 2. The molecule has 24 heavy (non-hydrogen) atoms. The highest BCUT2D eigenvalue weighted by molar-refractivity contribution is 5.69. The molecule has 1 saturated carbocycles. The molecule has 1 saturated heterocycles. The summed E-state index contributed by atoms with van der Waals surface area (Å²) in [6.07, 6.45) is 3.34. The third-order valence-electron chi connectivity index (χ3n) is 4.61. The minimum absolute atomic E-state index is 0.208. The molecule has 6 nitrogen and oxygen atoms in total. The smallest absolute Gasteiger partial charge is 0.410 e. The molecule has 6 heteroatoms. The number of amides is 1. The van der Waals surface area contributed by atoms with Crippen LogP contribution in [0.15, 0.2) is 18.3 Å². The topological polar surface area (TPSA) is 56.0 Å². The third-order valence-corrected chi connectivity index (χ3v) is 4.61. The molecular formula is C18H23N3O3. The van der Waals surface area contributed by atoms with Crippen LogP contribution in [-0.4, -0.2) is 40.8 Å². The van der Waals surface area contributed by atoms with Crippen LogP contribution in [0.3, 0.4) is 0 Å². The molecule has 2 bridgehead atoms. The Kier molecular flexibility index (Phi) is 4.35. The summed E-state index contributed by atoms with van der Waals surface area (Å²) in [5.74, 6) is 1.37. The van der Waals surface area contributed by atoms with E-state index in [1.165, 1.54) is 0 Å². The fourth-order valence-corrected chi connectivity index (χ4v) is 3.55. The molecule has 1 aliphatic heterocycles. The largest absolute Gasteiger partial charge is 0.478 e. The van der Waals surface area contributed by atoms with Crippen LogP contribution in [0, 0.1) is 18.4 Å². The zero-order chi connectivity index (χ0) is 17.3. The summed E-state index contributed by atoms with van der Waals surface area (Å²) in [6.45, 7) is 14.0. The number of rotatable bonds is 3. The van der Waals surface area contributed by atoms with Crippen molar-refractivity contribution in [3.63, 3.8) is 0 Å². The van der Waals surface area contributed by atoms with Crippen molar-refractivity contribution in [1.82, 2.24) is 9.88 Å². The summed E-state index contributed by atoms with van der Waals surface area (Å²) in [5, 5.41) is 0. The van der Waals surface area contributed by atoms with Crippen LogP contribution in [-0.2, 0) is 4.74 Å². The Morgan fingerprint density at radius 1 is 1.46 bits per heavy atom. The zero-order valence-corrected chi connectivity index (χ0v) is 14.4. The Bertz CT molecular complexity index is 662. The lowest BCUT2D eigenvalue weighted by Gasteiger charge is -2.33. The van der Waals surface area contributed by atoms with Gasteiger partial charge in [-0.15, -0.1) is 0 Å². The first kappa shape index (κ1) is 16.6. The summed E-state index contributed by atoms with van der Waals surface area (Å²) in [6, 6.07) is 3.57. The van der Waals surface area contributed by atoms with E-state index in [-0.39, 0.29) is 12.1 Å². The average molecular weight is 329 g/mol. The number of carbonyl (C=O) groups is 1. The van der Waals surface area contributed by atoms with Gasteiger partial charge in [0.25, 0.3) is 0 Å². The van der Waals surface area contributed by atoms with Crippen molar-refractivity contribution in [2.75, 3.05) is 13.2 Å². The molecular weight excluding hydrogens is 306 g/mol. The highest BCUT2D eigenvalue weighted by Crippen LogP contribution is 2.42. The summed E-state index contributed by atoms with van der Waals surface area (Å²) in [5.41, 5.74) is 0.0742. The van der Waals surface area contributed by atoms with E-state index in [2.05, 4.69) is 9.83 Å². The zero-order valence-electron chi connectivity index (χ0n) is 14.4. The second kappa shape index (κ2) is 6.31. The molecule has 0 spiro atoms. The first-order chi connectivity index (χ1) is 11.4. The number of likely N-dealkylation sites (tertiary alicyclic amines) is 1. The molecule has 2 fully saturated rings. The van der Waals surface area contributed by atoms with Gasteiger partial charge < -0.3 is 14.4 Å². The molecule has 0 aromatic carbocycles. The number of fused-ring (bicyclic) bond motifs is 2. The van der Waals surface area contributed by atoms with Gasteiger partial charge in [0, 0.05) is 24.8 Å². The standard InChI is InChI=1S/C18H23N3O3/c1-18(2,3)24-17(22)21-10-12-7-15(21)8-13(12)11-23-16-9-14(19-4)5-6-20-16/h5-6,9,12-13,15H,7-8,10-11H2,1-3H3. The van der Waals surface area contributed by atoms with E-state index in [9.17, 15) is 4.79 Å². The van der Waals surface area contributed by atoms with Gasteiger partial charge in [-0.05, 0) is 51.5 Å². The normalized spacial score (nSPS) is 25.4. The van der Waals surface area contributed by atoms with Crippen LogP contribution in [0.2, 0.25) is 0 Å². The van der Waals surface area contributed by atoms with Crippen LogP contribution >= 0.6 is 0 Å². The van der Waals surface area contributed by atoms with E-state index >= 15 is 0 Å². The first-order valence-electron chi connectivity index (χ1n) is 8.31. The molecule has 1 aliphatic carbocycles. The average Bonchev–Trinajstić information content (AvgIpc) is 3.11. The van der Waals surface area contributed by atoms with Gasteiger partial charge in [-0.3, -0.25) is 0 Å². The molecule has 3 unspecified atom stereocenters. The molecule has 3 rings (SSSR count).